The number of nitrogens with zero attached hydrogens (tertiary/aromatic N) is 1. The predicted molar refractivity (Wildman–Crippen MR) is 71.3 cm³/mol. The molecule has 18 heavy (non-hydrogen) atoms. The molecule has 0 radical (unpaired) electrons. The van der Waals surface area contributed by atoms with E-state index in [1.807, 2.05) is 14.0 Å². The third-order valence-corrected chi connectivity index (χ3v) is 3.77. The SMILES string of the molecule is CCC(C#N)(CCCOCC1CCCCO1)NC. The monoisotopic (exact) mass is 254 g/mol. The van der Waals surface area contributed by atoms with Gasteiger partial charge in [-0.1, -0.05) is 6.92 Å². The van der Waals surface area contributed by atoms with Gasteiger partial charge in [-0.2, -0.15) is 5.26 Å². The van der Waals surface area contributed by atoms with Gasteiger partial charge in [0, 0.05) is 13.2 Å². The number of rotatable bonds is 8. The maximum Gasteiger partial charge on any atom is 0.106 e. The minimum absolute atomic E-state index is 0.287. The molecule has 1 heterocycles. The van der Waals surface area contributed by atoms with Crippen LogP contribution in [0.15, 0.2) is 0 Å². The van der Waals surface area contributed by atoms with Crippen molar-refractivity contribution in [2.24, 2.45) is 0 Å². The van der Waals surface area contributed by atoms with Gasteiger partial charge in [0.25, 0.3) is 0 Å². The Morgan fingerprint density at radius 3 is 2.89 bits per heavy atom. The van der Waals surface area contributed by atoms with E-state index in [1.165, 1.54) is 12.8 Å². The smallest absolute Gasteiger partial charge is 0.106 e. The van der Waals surface area contributed by atoms with Crippen molar-refractivity contribution in [2.75, 3.05) is 26.9 Å². The van der Waals surface area contributed by atoms with Crippen LogP contribution in [0.5, 0.6) is 0 Å². The molecule has 1 rings (SSSR count). The lowest BCUT2D eigenvalue weighted by Gasteiger charge is -2.25. The Kier molecular flexibility index (Phi) is 7.26. The zero-order chi connectivity index (χ0) is 13.3. The first-order chi connectivity index (χ1) is 8.76. The fraction of sp³-hybridized carbons (Fsp3) is 0.929. The van der Waals surface area contributed by atoms with E-state index in [-0.39, 0.29) is 11.6 Å². The zero-order valence-corrected chi connectivity index (χ0v) is 11.7. The summed E-state index contributed by atoms with van der Waals surface area (Å²) >= 11 is 0. The summed E-state index contributed by atoms with van der Waals surface area (Å²) < 4.78 is 11.2. The summed E-state index contributed by atoms with van der Waals surface area (Å²) in [5.74, 6) is 0. The molecule has 0 aromatic carbocycles. The lowest BCUT2D eigenvalue weighted by atomic mass is 9.92. The van der Waals surface area contributed by atoms with Crippen molar-refractivity contribution in [2.45, 2.75) is 57.1 Å². The average molecular weight is 254 g/mol. The Balaban J connectivity index is 2.09. The first-order valence-corrected chi connectivity index (χ1v) is 7.06. The van der Waals surface area contributed by atoms with Crippen molar-refractivity contribution < 1.29 is 9.47 Å². The minimum Gasteiger partial charge on any atom is -0.379 e. The zero-order valence-electron chi connectivity index (χ0n) is 11.7. The Morgan fingerprint density at radius 2 is 2.33 bits per heavy atom. The highest BCUT2D eigenvalue weighted by atomic mass is 16.5. The summed E-state index contributed by atoms with van der Waals surface area (Å²) in [6.45, 7) is 4.33. The van der Waals surface area contributed by atoms with Crippen molar-refractivity contribution in [3.8, 4) is 6.07 Å². The van der Waals surface area contributed by atoms with Gasteiger partial charge in [0.1, 0.15) is 5.54 Å². The van der Waals surface area contributed by atoms with Crippen LogP contribution in [0.2, 0.25) is 0 Å². The fourth-order valence-corrected chi connectivity index (χ4v) is 2.30. The Bertz CT molecular complexity index is 253. The molecule has 0 amide bonds. The second-order valence-corrected chi connectivity index (χ2v) is 4.96. The minimum atomic E-state index is -0.384. The fourth-order valence-electron chi connectivity index (χ4n) is 2.30. The number of nitriles is 1. The van der Waals surface area contributed by atoms with Crippen LogP contribution in [0, 0.1) is 11.3 Å². The molecular weight excluding hydrogens is 228 g/mol. The molecule has 4 heteroatoms. The summed E-state index contributed by atoms with van der Waals surface area (Å²) in [6, 6.07) is 2.36. The maximum atomic E-state index is 9.16. The van der Waals surface area contributed by atoms with Crippen LogP contribution in [0.25, 0.3) is 0 Å². The largest absolute Gasteiger partial charge is 0.379 e. The first-order valence-electron chi connectivity index (χ1n) is 7.06. The van der Waals surface area contributed by atoms with E-state index in [1.54, 1.807) is 0 Å². The normalized spacial score (nSPS) is 23.3. The molecular formula is C14H26N2O2. The molecule has 1 aliphatic rings. The molecule has 0 saturated carbocycles. The Hall–Kier alpha value is -0.630. The van der Waals surface area contributed by atoms with E-state index in [4.69, 9.17) is 14.7 Å². The number of nitrogens with one attached hydrogen (secondary N) is 1. The van der Waals surface area contributed by atoms with Crippen LogP contribution >= 0.6 is 0 Å². The van der Waals surface area contributed by atoms with Crippen LogP contribution in [0.4, 0.5) is 0 Å². The summed E-state index contributed by atoms with van der Waals surface area (Å²) in [6.07, 6.45) is 6.41. The molecule has 0 bridgehead atoms. The lowest BCUT2D eigenvalue weighted by molar-refractivity contribution is -0.0415. The van der Waals surface area contributed by atoms with Crippen LogP contribution < -0.4 is 5.32 Å². The van der Waals surface area contributed by atoms with Gasteiger partial charge >= 0.3 is 0 Å². The van der Waals surface area contributed by atoms with E-state index >= 15 is 0 Å². The van der Waals surface area contributed by atoms with Gasteiger partial charge in [-0.25, -0.2) is 0 Å². The van der Waals surface area contributed by atoms with Crippen molar-refractivity contribution in [1.82, 2.24) is 5.32 Å². The highest BCUT2D eigenvalue weighted by Crippen LogP contribution is 2.16. The van der Waals surface area contributed by atoms with Gasteiger partial charge in [-0.3, -0.25) is 0 Å². The Morgan fingerprint density at radius 1 is 1.50 bits per heavy atom. The molecule has 2 unspecified atom stereocenters. The standard InChI is InChI=1S/C14H26N2O2/c1-3-14(12-15,16-2)8-6-9-17-11-13-7-4-5-10-18-13/h13,16H,3-11H2,1-2H3. The van der Waals surface area contributed by atoms with E-state index in [2.05, 4.69) is 11.4 Å². The van der Waals surface area contributed by atoms with E-state index < -0.39 is 0 Å². The molecule has 1 aliphatic heterocycles. The van der Waals surface area contributed by atoms with Gasteiger partial charge < -0.3 is 14.8 Å². The van der Waals surface area contributed by atoms with Gasteiger partial charge in [-0.15, -0.1) is 0 Å². The number of ether oxygens (including phenoxy) is 2. The number of hydrogen-bond donors (Lipinski definition) is 1. The quantitative estimate of drug-likeness (QED) is 0.675. The molecule has 4 nitrogen and oxygen atoms in total. The van der Waals surface area contributed by atoms with Crippen molar-refractivity contribution in [3.63, 3.8) is 0 Å². The first kappa shape index (κ1) is 15.4. The van der Waals surface area contributed by atoms with Crippen molar-refractivity contribution in [3.05, 3.63) is 0 Å². The van der Waals surface area contributed by atoms with E-state index in [0.29, 0.717) is 13.2 Å². The molecule has 0 aromatic heterocycles. The molecule has 1 saturated heterocycles. The van der Waals surface area contributed by atoms with Gasteiger partial charge in [0.2, 0.25) is 0 Å². The number of hydrogen-bond acceptors (Lipinski definition) is 4. The molecule has 0 aliphatic carbocycles. The molecule has 2 atom stereocenters. The lowest BCUT2D eigenvalue weighted by Crippen LogP contribution is -2.41. The van der Waals surface area contributed by atoms with E-state index in [9.17, 15) is 0 Å². The van der Waals surface area contributed by atoms with Gasteiger partial charge in [-0.05, 0) is 45.6 Å². The molecule has 0 aromatic rings. The molecule has 1 N–H and O–H groups in total. The second-order valence-electron chi connectivity index (χ2n) is 4.96. The van der Waals surface area contributed by atoms with Crippen LogP contribution in [0.3, 0.4) is 0 Å². The highest BCUT2D eigenvalue weighted by Gasteiger charge is 2.24. The van der Waals surface area contributed by atoms with Crippen LogP contribution in [-0.4, -0.2) is 38.5 Å². The van der Waals surface area contributed by atoms with Gasteiger partial charge in [0.05, 0.1) is 18.8 Å². The summed E-state index contributed by atoms with van der Waals surface area (Å²) in [5.41, 5.74) is -0.384. The summed E-state index contributed by atoms with van der Waals surface area (Å²) in [5, 5.41) is 12.3. The van der Waals surface area contributed by atoms with Crippen LogP contribution in [-0.2, 0) is 9.47 Å². The molecule has 0 spiro atoms. The van der Waals surface area contributed by atoms with Crippen molar-refractivity contribution in [1.29, 1.82) is 5.26 Å². The predicted octanol–water partition coefficient (Wildman–Crippen LogP) is 2.24. The summed E-state index contributed by atoms with van der Waals surface area (Å²) in [7, 11) is 1.85. The maximum absolute atomic E-state index is 9.16. The second kappa shape index (κ2) is 8.47. The third-order valence-electron chi connectivity index (χ3n) is 3.77. The molecule has 1 fully saturated rings. The Labute approximate surface area is 111 Å². The van der Waals surface area contributed by atoms with Gasteiger partial charge in [0.15, 0.2) is 0 Å². The summed E-state index contributed by atoms with van der Waals surface area (Å²) in [4.78, 5) is 0. The van der Waals surface area contributed by atoms with E-state index in [0.717, 1.165) is 32.3 Å². The highest BCUT2D eigenvalue weighted by molar-refractivity contribution is 5.05. The topological polar surface area (TPSA) is 54.3 Å². The average Bonchev–Trinajstić information content (AvgIpc) is 2.45. The molecule has 104 valence electrons. The van der Waals surface area contributed by atoms with Crippen molar-refractivity contribution >= 4 is 0 Å². The van der Waals surface area contributed by atoms with Crippen LogP contribution in [0.1, 0.15) is 45.4 Å². The third kappa shape index (κ3) is 4.93.